The van der Waals surface area contributed by atoms with Crippen LogP contribution in [0.25, 0.3) is 22.2 Å². The normalized spacial score (nSPS) is 16.7. The third kappa shape index (κ3) is 28.4. The Labute approximate surface area is 655 Å². The van der Waals surface area contributed by atoms with Gasteiger partial charge in [-0.05, 0) is 92.4 Å². The van der Waals surface area contributed by atoms with Crippen molar-refractivity contribution < 1.29 is 82.1 Å². The van der Waals surface area contributed by atoms with Crippen molar-refractivity contribution in [2.24, 2.45) is 51.2 Å². The van der Waals surface area contributed by atoms with Gasteiger partial charge in [-0.25, -0.2) is 4.68 Å². The number of amides is 14. The van der Waals surface area contributed by atoms with Gasteiger partial charge in [0.25, 0.3) is 0 Å². The molecule has 1 fully saturated rings. The number of rotatable bonds is 48. The van der Waals surface area contributed by atoms with E-state index < -0.39 is 211 Å². The van der Waals surface area contributed by atoms with E-state index in [2.05, 4.69) is 73.5 Å². The molecular weight excluding hydrogens is 1500 g/mol. The van der Waals surface area contributed by atoms with E-state index in [9.17, 15) is 72.5 Å². The van der Waals surface area contributed by atoms with Crippen molar-refractivity contribution in [3.05, 3.63) is 72.6 Å². The molecule has 2 aromatic heterocycles. The average Bonchev–Trinajstić information content (AvgIpc) is 1.63. The van der Waals surface area contributed by atoms with Crippen LogP contribution < -0.4 is 87.6 Å². The Morgan fingerprint density at radius 1 is 0.598 bits per heavy atom. The average molecular weight is 1600 g/mol. The molecule has 39 nitrogen and oxygen atoms in total. The molecule has 112 heavy (non-hydrogen) atoms. The number of fused-ring (bicyclic) bond motifs is 1. The maximum absolute atomic E-state index is 15.6. The van der Waals surface area contributed by atoms with Gasteiger partial charge in [0.15, 0.2) is 5.96 Å². The number of likely N-dealkylation sites (tertiary alicyclic amines) is 1. The number of aliphatic carboxylic acids is 1. The fraction of sp³-hybridized carbons (Fsp3) is 0.549. The summed E-state index contributed by atoms with van der Waals surface area (Å²) in [5.74, 6) is -16.2. The van der Waals surface area contributed by atoms with Crippen LogP contribution in [0.5, 0.6) is 0 Å². The number of guanidine groups is 1. The van der Waals surface area contributed by atoms with Crippen LogP contribution in [0.3, 0.4) is 0 Å². The summed E-state index contributed by atoms with van der Waals surface area (Å²) in [6, 6.07) is -1.75. The number of aliphatic hydroxyl groups excluding tert-OH is 1. The lowest BCUT2D eigenvalue weighted by Gasteiger charge is -2.33. The van der Waals surface area contributed by atoms with Crippen molar-refractivity contribution in [2.75, 3.05) is 43.7 Å². The molecule has 614 valence electrons. The van der Waals surface area contributed by atoms with Crippen LogP contribution in [0, 0.1) is 11.8 Å². The van der Waals surface area contributed by atoms with Crippen molar-refractivity contribution in [2.45, 2.75) is 190 Å². The van der Waals surface area contributed by atoms with E-state index in [-0.39, 0.29) is 57.6 Å². The Morgan fingerprint density at radius 2 is 1.12 bits per heavy atom. The monoisotopic (exact) mass is 1600 g/mol. The number of nitrogens with zero attached hydrogens (tertiary/aromatic N) is 5. The molecule has 0 radical (unpaired) electrons. The Bertz CT molecular complexity index is 3940. The van der Waals surface area contributed by atoms with Gasteiger partial charge in [0, 0.05) is 49.1 Å². The fourth-order valence-electron chi connectivity index (χ4n) is 12.0. The molecule has 2 unspecified atom stereocenters. The quantitative estimate of drug-likeness (QED) is 0.0113. The van der Waals surface area contributed by atoms with Crippen molar-refractivity contribution in [1.29, 1.82) is 0 Å². The van der Waals surface area contributed by atoms with Crippen molar-refractivity contribution in [3.63, 3.8) is 0 Å². The van der Waals surface area contributed by atoms with E-state index in [0.717, 1.165) is 4.90 Å². The molecule has 15 atom stereocenters. The zero-order valence-electron chi connectivity index (χ0n) is 63.6. The molecule has 1 aliphatic heterocycles. The topological polar surface area (TPSA) is 635 Å². The number of hydrogen-bond donors (Lipinski definition) is 19. The summed E-state index contributed by atoms with van der Waals surface area (Å²) >= 11 is 2.77. The first-order chi connectivity index (χ1) is 53.1. The van der Waals surface area contributed by atoms with E-state index in [1.807, 2.05) is 0 Å². The van der Waals surface area contributed by atoms with Crippen LogP contribution in [0.4, 0.5) is 0 Å². The summed E-state index contributed by atoms with van der Waals surface area (Å²) in [6.45, 7) is 6.56. The number of aliphatic hydroxyl groups is 1. The zero-order valence-corrected chi connectivity index (χ0v) is 65.2. The Morgan fingerprint density at radius 3 is 1.71 bits per heavy atom. The highest BCUT2D eigenvalue weighted by Gasteiger charge is 2.46. The summed E-state index contributed by atoms with van der Waals surface area (Å²) < 4.78 is 1.43. The van der Waals surface area contributed by atoms with E-state index >= 15 is 9.59 Å². The Hall–Kier alpha value is -10.9. The number of benzene rings is 2. The van der Waals surface area contributed by atoms with E-state index in [4.69, 9.17) is 34.4 Å². The first kappa shape index (κ1) is 91.7. The van der Waals surface area contributed by atoms with Crippen LogP contribution in [-0.4, -0.2) is 246 Å². The highest BCUT2D eigenvalue weighted by atomic mass is 32.2. The molecule has 1 aliphatic rings. The number of carboxylic acid groups (broad SMARTS) is 1. The maximum Gasteiger partial charge on any atom is 0.303 e. The second-order valence-corrected chi connectivity index (χ2v) is 29.3. The summed E-state index contributed by atoms with van der Waals surface area (Å²) in [5.41, 5.74) is 35.7. The number of H-pyrrole nitrogens is 1. The lowest BCUT2D eigenvalue weighted by atomic mass is 9.96. The third-order valence-corrected chi connectivity index (χ3v) is 20.1. The number of aromatic amines is 1. The molecule has 0 bridgehead atoms. The number of nitrogens with two attached hydrogens (primary N) is 6. The number of nitrogens with one attached hydrogen (secondary N) is 11. The molecule has 5 rings (SSSR count). The van der Waals surface area contributed by atoms with E-state index in [0.29, 0.717) is 52.2 Å². The number of hydrogen-bond acceptors (Lipinski definition) is 22. The molecule has 1 saturated heterocycles. The predicted molar refractivity (Wildman–Crippen MR) is 415 cm³/mol. The summed E-state index contributed by atoms with van der Waals surface area (Å²) in [6.07, 6.45) is 2.65. The van der Waals surface area contributed by atoms with Crippen LogP contribution in [0.15, 0.2) is 71.9 Å². The van der Waals surface area contributed by atoms with E-state index in [1.54, 1.807) is 107 Å². The molecule has 0 spiro atoms. The number of carbonyl (C=O) groups is 15. The number of para-hydroxylation sites is 1. The zero-order chi connectivity index (χ0) is 83.1. The van der Waals surface area contributed by atoms with Gasteiger partial charge < -0.3 is 108 Å². The standard InChI is InChI=1S/C71H106N22O17S2/c1-8-36(3)57(88-61(101)43(72)19-15-25-78-71(76)77)69(109)86-49(31-54(73)95)65(105)84-50(32-55(74)96)66(106)89-58(37(4)9-2)70(110)92-33-42(93-34-51(90-91-93)39-16-11-10-12-17-39)30-53(92)68(108)85-48(29-41-28-40-18-13-14-20-44(40)80-41)64(104)87-52(35-94)67(107)83-46(21-22-56(97)98)62(102)79-38(5)60(100)82-47(24-27-112-7)63(103)81-45(59(75)99)23-26-111-6/h10-14,16-18,20,28,34,36-38,42-43,45-50,52-53,57-58,80,94H,8-9,15,19,21-27,29-33,35,72H2,1-7H3,(H2,73,95)(H2,74,96)(H2,75,99)(H,79,102)(H,81,103)(H,82,100)(H,83,107)(H,84,105)(H,85,108)(H,86,109)(H,87,104)(H,88,101)(H,89,106)(H,97,98)(H4,76,77,78)/t36?,37?,38-,42-,43-,45-,46-,47-,48-,49-,50-,52-,53-,57-,58-/m0/s1. The van der Waals surface area contributed by atoms with Crippen LogP contribution in [0.2, 0.25) is 0 Å². The van der Waals surface area contributed by atoms with Crippen LogP contribution in [0.1, 0.15) is 117 Å². The van der Waals surface area contributed by atoms with Gasteiger partial charge >= 0.3 is 5.97 Å². The minimum absolute atomic E-state index is 0.0896. The molecule has 0 saturated carbocycles. The van der Waals surface area contributed by atoms with Crippen molar-refractivity contribution in [3.8, 4) is 11.3 Å². The maximum atomic E-state index is 15.6. The van der Waals surface area contributed by atoms with Crippen molar-refractivity contribution in [1.82, 2.24) is 78.0 Å². The molecule has 41 heteroatoms. The van der Waals surface area contributed by atoms with Gasteiger partial charge in [-0.15, -0.1) is 5.10 Å². The molecular formula is C71H106N22O17S2. The number of primary amides is 3. The Balaban J connectivity index is 1.46. The summed E-state index contributed by atoms with van der Waals surface area (Å²) in [7, 11) is 0. The smallest absolute Gasteiger partial charge is 0.303 e. The van der Waals surface area contributed by atoms with E-state index in [1.165, 1.54) is 35.1 Å². The molecule has 0 aliphatic carbocycles. The minimum Gasteiger partial charge on any atom is -0.481 e. The first-order valence-corrected chi connectivity index (χ1v) is 39.3. The molecule has 4 aromatic rings. The number of carbonyl (C=O) groups excluding carboxylic acids is 14. The third-order valence-electron chi connectivity index (χ3n) is 18.8. The lowest BCUT2D eigenvalue weighted by Crippen LogP contribution is -2.62. The lowest BCUT2D eigenvalue weighted by molar-refractivity contribution is -0.144. The molecule has 3 heterocycles. The van der Waals surface area contributed by atoms with Gasteiger partial charge in [0.1, 0.15) is 72.2 Å². The van der Waals surface area contributed by atoms with Gasteiger partial charge in [-0.2, -0.15) is 23.5 Å². The minimum atomic E-state index is -1.94. The summed E-state index contributed by atoms with van der Waals surface area (Å²) in [4.78, 5) is 216. The first-order valence-electron chi connectivity index (χ1n) is 36.5. The van der Waals surface area contributed by atoms with Crippen LogP contribution >= 0.6 is 23.5 Å². The predicted octanol–water partition coefficient (Wildman–Crippen LogP) is -4.25. The largest absolute Gasteiger partial charge is 0.481 e. The summed E-state index contributed by atoms with van der Waals surface area (Å²) in [5, 5.41) is 54.9. The van der Waals surface area contributed by atoms with Gasteiger partial charge in [-0.1, -0.05) is 94.3 Å². The van der Waals surface area contributed by atoms with Gasteiger partial charge in [0.05, 0.1) is 37.7 Å². The number of aromatic nitrogens is 4. The SMILES string of the molecule is CCC(C)[C@H](NC(=O)[C@@H](N)CCCN=C(N)N)C(=O)N[C@@H](CC(N)=O)C(=O)N[C@@H](CC(N)=O)C(=O)N[C@H](C(=O)N1C[C@@H](n2cc(-c3ccccc3)nn2)C[C@H]1C(=O)N[C@@H](Cc1cc2ccccc2[nH]1)C(=O)N[C@@H](CO)C(=O)N[C@@H](CCC(=O)O)C(=O)N[C@@H](C)C(=O)N[C@@H](CCSC)C(=O)N[C@@H](CCSC)C(N)=O)C(C)CC. The Kier molecular flexibility index (Phi) is 37.2. The number of carboxylic acids is 1. The highest BCUT2D eigenvalue weighted by Crippen LogP contribution is 2.31. The highest BCUT2D eigenvalue weighted by molar-refractivity contribution is 7.98. The molecule has 2 aromatic carbocycles. The number of thioether (sulfide) groups is 2. The molecule has 25 N–H and O–H groups in total. The van der Waals surface area contributed by atoms with Crippen molar-refractivity contribution >= 4 is 129 Å². The number of aliphatic imine (C=N–C) groups is 1. The molecule has 14 amide bonds. The second-order valence-electron chi connectivity index (χ2n) is 27.3. The second kappa shape index (κ2) is 45.4. The van der Waals surface area contributed by atoms with Gasteiger partial charge in [-0.3, -0.25) is 76.9 Å². The van der Waals surface area contributed by atoms with Gasteiger partial charge in [0.2, 0.25) is 82.7 Å². The fourth-order valence-corrected chi connectivity index (χ4v) is 12.9. The van der Waals surface area contributed by atoms with Crippen LogP contribution in [-0.2, 0) is 78.3 Å².